The van der Waals surface area contributed by atoms with Gasteiger partial charge in [-0.15, -0.1) is 0 Å². The summed E-state index contributed by atoms with van der Waals surface area (Å²) in [7, 11) is -1.49. The molecule has 0 saturated heterocycles. The molecule has 1 saturated carbocycles. The van der Waals surface area contributed by atoms with Crippen LogP contribution >= 0.6 is 0 Å². The molecular formula is C28H46O2Si. The highest BCUT2D eigenvalue weighted by Crippen LogP contribution is 2.58. The van der Waals surface area contributed by atoms with Crippen LogP contribution in [0.15, 0.2) is 47.8 Å². The highest BCUT2D eigenvalue weighted by atomic mass is 28.4. The van der Waals surface area contributed by atoms with E-state index in [1.165, 1.54) is 49.7 Å². The van der Waals surface area contributed by atoms with Gasteiger partial charge in [-0.1, -0.05) is 51.0 Å². The fraction of sp³-hybridized carbons (Fsp3) is 0.714. The lowest BCUT2D eigenvalue weighted by Gasteiger charge is -2.42. The molecule has 1 heterocycles. The summed E-state index contributed by atoms with van der Waals surface area (Å²) >= 11 is 0. The molecule has 0 radical (unpaired) electrons. The molecule has 31 heavy (non-hydrogen) atoms. The molecule has 0 N–H and O–H groups in total. The summed E-state index contributed by atoms with van der Waals surface area (Å²) < 4.78 is 11.9. The lowest BCUT2D eigenvalue weighted by Crippen LogP contribution is -2.38. The van der Waals surface area contributed by atoms with Gasteiger partial charge in [0.2, 0.25) is 0 Å². The van der Waals surface area contributed by atoms with E-state index in [9.17, 15) is 0 Å². The van der Waals surface area contributed by atoms with E-state index in [0.29, 0.717) is 11.3 Å². The van der Waals surface area contributed by atoms with Gasteiger partial charge in [-0.05, 0) is 106 Å². The third-order valence-corrected chi connectivity index (χ3v) is 8.91. The molecule has 1 aliphatic heterocycles. The first kappa shape index (κ1) is 24.6. The fourth-order valence-electron chi connectivity index (χ4n) is 6.52. The van der Waals surface area contributed by atoms with E-state index in [2.05, 4.69) is 77.7 Å². The van der Waals surface area contributed by atoms with Crippen molar-refractivity contribution in [2.45, 2.75) is 97.9 Å². The van der Waals surface area contributed by atoms with E-state index in [4.69, 9.17) is 9.16 Å². The van der Waals surface area contributed by atoms with E-state index in [1.54, 1.807) is 0 Å². The lowest BCUT2D eigenvalue weighted by atomic mass is 9.62. The first-order chi connectivity index (χ1) is 14.5. The van der Waals surface area contributed by atoms with Crippen molar-refractivity contribution in [2.24, 2.45) is 23.2 Å². The molecule has 3 aliphatic rings. The summed E-state index contributed by atoms with van der Waals surface area (Å²) in [6.45, 7) is 17.3. The monoisotopic (exact) mass is 442 g/mol. The van der Waals surface area contributed by atoms with Crippen molar-refractivity contribution in [3.63, 3.8) is 0 Å². The minimum absolute atomic E-state index is 0.0152. The van der Waals surface area contributed by atoms with Crippen LogP contribution in [0.1, 0.15) is 72.6 Å². The predicted octanol–water partition coefficient (Wildman–Crippen LogP) is 8.20. The third kappa shape index (κ3) is 6.48. The van der Waals surface area contributed by atoms with Crippen LogP contribution < -0.4 is 0 Å². The molecule has 2 nitrogen and oxygen atoms in total. The van der Waals surface area contributed by atoms with E-state index in [1.807, 2.05) is 6.26 Å². The SMILES string of the molecule is C[C@H](CCCC(C)(C)O[Si](C)(C)C)[C@H]1CC[C@H]2/C(=C/C=C3\CC=COC3)C=CC[C@]12C. The van der Waals surface area contributed by atoms with Crippen LogP contribution in [0.5, 0.6) is 0 Å². The highest BCUT2D eigenvalue weighted by molar-refractivity contribution is 6.69. The van der Waals surface area contributed by atoms with Crippen molar-refractivity contribution in [1.29, 1.82) is 0 Å². The van der Waals surface area contributed by atoms with Crippen molar-refractivity contribution in [3.05, 3.63) is 47.8 Å². The molecule has 0 amide bonds. The summed E-state index contributed by atoms with van der Waals surface area (Å²) in [6.07, 6.45) is 22.2. The molecule has 0 aromatic carbocycles. The third-order valence-electron chi connectivity index (χ3n) is 7.74. The van der Waals surface area contributed by atoms with Gasteiger partial charge in [-0.2, -0.15) is 0 Å². The zero-order chi connectivity index (χ0) is 22.7. The van der Waals surface area contributed by atoms with Gasteiger partial charge in [-0.3, -0.25) is 0 Å². The van der Waals surface area contributed by atoms with Crippen LogP contribution in [0.4, 0.5) is 0 Å². The topological polar surface area (TPSA) is 18.5 Å². The van der Waals surface area contributed by atoms with E-state index in [0.717, 1.165) is 24.9 Å². The smallest absolute Gasteiger partial charge is 0.184 e. The molecule has 3 rings (SSSR count). The first-order valence-corrected chi connectivity index (χ1v) is 15.9. The second kappa shape index (κ2) is 9.83. The zero-order valence-electron chi connectivity index (χ0n) is 21.2. The summed E-state index contributed by atoms with van der Waals surface area (Å²) in [5.41, 5.74) is 3.34. The molecule has 3 heteroatoms. The molecule has 0 bridgehead atoms. The van der Waals surface area contributed by atoms with Gasteiger partial charge in [-0.25, -0.2) is 0 Å². The maximum atomic E-state index is 6.43. The van der Waals surface area contributed by atoms with Gasteiger partial charge in [0, 0.05) is 0 Å². The van der Waals surface area contributed by atoms with Gasteiger partial charge in [0.25, 0.3) is 0 Å². The number of hydrogen-bond donors (Lipinski definition) is 0. The van der Waals surface area contributed by atoms with Gasteiger partial charge in [0.05, 0.1) is 11.9 Å². The van der Waals surface area contributed by atoms with Crippen molar-refractivity contribution in [2.75, 3.05) is 6.61 Å². The molecule has 0 spiro atoms. The van der Waals surface area contributed by atoms with Crippen LogP contribution in [-0.2, 0) is 9.16 Å². The fourth-order valence-corrected chi connectivity index (χ4v) is 8.28. The second-order valence-corrected chi connectivity index (χ2v) is 16.5. The van der Waals surface area contributed by atoms with Gasteiger partial charge in [0.1, 0.15) is 6.61 Å². The normalized spacial score (nSPS) is 32.4. The molecular weight excluding hydrogens is 396 g/mol. The van der Waals surface area contributed by atoms with E-state index >= 15 is 0 Å². The molecule has 4 atom stereocenters. The van der Waals surface area contributed by atoms with Crippen molar-refractivity contribution in [1.82, 2.24) is 0 Å². The maximum Gasteiger partial charge on any atom is 0.184 e. The molecule has 0 unspecified atom stereocenters. The van der Waals surface area contributed by atoms with Gasteiger partial charge >= 0.3 is 0 Å². The Hall–Kier alpha value is -1.06. The summed E-state index contributed by atoms with van der Waals surface area (Å²) in [5.74, 6) is 2.30. The Labute approximate surface area is 193 Å². The Morgan fingerprint density at radius 3 is 2.68 bits per heavy atom. The summed E-state index contributed by atoms with van der Waals surface area (Å²) in [5, 5.41) is 0. The van der Waals surface area contributed by atoms with Crippen molar-refractivity contribution < 1.29 is 9.16 Å². The maximum absolute atomic E-state index is 6.43. The Balaban J connectivity index is 1.60. The minimum atomic E-state index is -1.49. The standard InChI is InChI=1S/C28H46O2Si/c1-22(11-8-18-27(2,3)30-31(5,6)7)25-16-17-26-24(13-9-19-28(25,26)4)15-14-23-12-10-20-29-21-23/h9-10,13-15,20,22,25-26H,8,11-12,16-19,21H2,1-7H3/b23-14+,24-15+/t22-,25-,26+,28-/m1/s1. The Kier molecular flexibility index (Phi) is 7.79. The summed E-state index contributed by atoms with van der Waals surface area (Å²) in [4.78, 5) is 0. The Morgan fingerprint density at radius 1 is 1.23 bits per heavy atom. The quantitative estimate of drug-likeness (QED) is 0.353. The van der Waals surface area contributed by atoms with Gasteiger partial charge in [0.15, 0.2) is 8.32 Å². The molecule has 1 fully saturated rings. The molecule has 2 aliphatic carbocycles. The van der Waals surface area contributed by atoms with E-state index in [-0.39, 0.29) is 5.60 Å². The zero-order valence-corrected chi connectivity index (χ0v) is 22.2. The molecule has 174 valence electrons. The number of allylic oxidation sites excluding steroid dienone is 6. The highest BCUT2D eigenvalue weighted by Gasteiger charge is 2.49. The number of rotatable bonds is 8. The Bertz CT molecular complexity index is 737. The number of fused-ring (bicyclic) bond motifs is 1. The Morgan fingerprint density at radius 2 is 2.00 bits per heavy atom. The largest absolute Gasteiger partial charge is 0.497 e. The number of hydrogen-bond acceptors (Lipinski definition) is 2. The molecule has 0 aromatic heterocycles. The van der Waals surface area contributed by atoms with E-state index < -0.39 is 8.32 Å². The van der Waals surface area contributed by atoms with Crippen LogP contribution in [0.2, 0.25) is 19.6 Å². The average molecular weight is 443 g/mol. The van der Waals surface area contributed by atoms with Crippen LogP contribution in [0, 0.1) is 23.2 Å². The van der Waals surface area contributed by atoms with Gasteiger partial charge < -0.3 is 9.16 Å². The average Bonchev–Trinajstić information content (AvgIpc) is 3.02. The van der Waals surface area contributed by atoms with Crippen LogP contribution in [0.25, 0.3) is 0 Å². The predicted molar refractivity (Wildman–Crippen MR) is 135 cm³/mol. The van der Waals surface area contributed by atoms with Crippen molar-refractivity contribution >= 4 is 8.32 Å². The summed E-state index contributed by atoms with van der Waals surface area (Å²) in [6, 6.07) is 0. The van der Waals surface area contributed by atoms with Crippen LogP contribution in [0.3, 0.4) is 0 Å². The number of ether oxygens (including phenoxy) is 1. The minimum Gasteiger partial charge on any atom is -0.497 e. The second-order valence-electron chi connectivity index (χ2n) is 12.1. The lowest BCUT2D eigenvalue weighted by molar-refractivity contribution is 0.0800. The first-order valence-electron chi connectivity index (χ1n) is 12.5. The van der Waals surface area contributed by atoms with Crippen LogP contribution in [-0.4, -0.2) is 20.5 Å². The van der Waals surface area contributed by atoms with Crippen molar-refractivity contribution in [3.8, 4) is 0 Å². The molecule has 0 aromatic rings.